The molecule has 1 heterocycles. The lowest BCUT2D eigenvalue weighted by Gasteiger charge is -2.07. The summed E-state index contributed by atoms with van der Waals surface area (Å²) in [7, 11) is -3.17. The van der Waals surface area contributed by atoms with E-state index in [9.17, 15) is 8.42 Å². The first-order chi connectivity index (χ1) is 10.0. The maximum atomic E-state index is 12.1. The van der Waals surface area contributed by atoms with Crippen LogP contribution in [0.15, 0.2) is 53.4 Å². The highest BCUT2D eigenvalue weighted by Crippen LogP contribution is 2.33. The van der Waals surface area contributed by atoms with Crippen molar-refractivity contribution in [3.05, 3.63) is 54.1 Å². The Hall–Kier alpha value is -1.46. The Morgan fingerprint density at radius 2 is 1.57 bits per heavy atom. The quantitative estimate of drug-likeness (QED) is 0.788. The van der Waals surface area contributed by atoms with Crippen LogP contribution < -0.4 is 4.74 Å². The van der Waals surface area contributed by atoms with Crippen LogP contribution in [0.4, 0.5) is 0 Å². The van der Waals surface area contributed by atoms with Gasteiger partial charge >= 0.3 is 0 Å². The predicted molar refractivity (Wildman–Crippen MR) is 86.0 cm³/mol. The summed E-state index contributed by atoms with van der Waals surface area (Å²) in [6, 6.07) is 14.4. The second kappa shape index (κ2) is 5.73. The highest BCUT2D eigenvalue weighted by Gasteiger charge is 2.29. The SMILES string of the molecule is Cc1ccc(Oc2ccc(S(=O)(=O)CC3CS3)cc2)cc1. The number of benzene rings is 2. The van der Waals surface area contributed by atoms with Crippen molar-refractivity contribution in [3.8, 4) is 11.5 Å². The second-order valence-electron chi connectivity index (χ2n) is 5.12. The van der Waals surface area contributed by atoms with Crippen LogP contribution >= 0.6 is 11.8 Å². The van der Waals surface area contributed by atoms with Gasteiger partial charge in [0.2, 0.25) is 0 Å². The van der Waals surface area contributed by atoms with E-state index in [1.165, 1.54) is 5.56 Å². The molecule has 0 amide bonds. The van der Waals surface area contributed by atoms with E-state index in [0.29, 0.717) is 10.6 Å². The largest absolute Gasteiger partial charge is 0.457 e. The van der Waals surface area contributed by atoms with Crippen LogP contribution in [0.1, 0.15) is 5.56 Å². The fourth-order valence-corrected chi connectivity index (χ4v) is 4.64. The molecule has 1 aliphatic rings. The van der Waals surface area contributed by atoms with E-state index < -0.39 is 9.84 Å². The molecule has 0 spiro atoms. The van der Waals surface area contributed by atoms with E-state index in [2.05, 4.69) is 0 Å². The van der Waals surface area contributed by atoms with Gasteiger partial charge in [0.1, 0.15) is 11.5 Å². The molecule has 0 bridgehead atoms. The maximum absolute atomic E-state index is 12.1. The fourth-order valence-electron chi connectivity index (χ4n) is 1.96. The summed E-state index contributed by atoms with van der Waals surface area (Å²) in [5, 5.41) is 0.276. The third-order valence-electron chi connectivity index (χ3n) is 3.25. The highest BCUT2D eigenvalue weighted by atomic mass is 32.2. The average molecular weight is 320 g/mol. The van der Waals surface area contributed by atoms with Crippen molar-refractivity contribution in [2.24, 2.45) is 0 Å². The monoisotopic (exact) mass is 320 g/mol. The first kappa shape index (κ1) is 14.5. The van der Waals surface area contributed by atoms with Gasteiger partial charge in [-0.15, -0.1) is 0 Å². The Bertz CT molecular complexity index is 715. The molecule has 1 unspecified atom stereocenters. The van der Waals surface area contributed by atoms with Crippen LogP contribution in [0.25, 0.3) is 0 Å². The zero-order chi connectivity index (χ0) is 14.9. The summed E-state index contributed by atoms with van der Waals surface area (Å²) in [4.78, 5) is 0.367. The Labute approximate surface area is 129 Å². The summed E-state index contributed by atoms with van der Waals surface area (Å²) in [6.45, 7) is 2.02. The molecule has 0 radical (unpaired) electrons. The van der Waals surface area contributed by atoms with E-state index in [1.54, 1.807) is 36.0 Å². The van der Waals surface area contributed by atoms with E-state index in [1.807, 2.05) is 31.2 Å². The topological polar surface area (TPSA) is 43.4 Å². The Morgan fingerprint density at radius 1 is 1.05 bits per heavy atom. The molecule has 2 aromatic rings. The molecule has 5 heteroatoms. The summed E-state index contributed by atoms with van der Waals surface area (Å²) >= 11 is 1.69. The molecule has 110 valence electrons. The van der Waals surface area contributed by atoms with Gasteiger partial charge in [0.25, 0.3) is 0 Å². The number of sulfone groups is 1. The predicted octanol–water partition coefficient (Wildman–Crippen LogP) is 3.68. The minimum atomic E-state index is -3.17. The van der Waals surface area contributed by atoms with Crippen LogP contribution in [-0.4, -0.2) is 25.2 Å². The van der Waals surface area contributed by atoms with Crippen molar-refractivity contribution in [3.63, 3.8) is 0 Å². The van der Waals surface area contributed by atoms with Crippen molar-refractivity contribution in [1.29, 1.82) is 0 Å². The lowest BCUT2D eigenvalue weighted by Crippen LogP contribution is -2.10. The number of rotatable bonds is 5. The third kappa shape index (κ3) is 3.80. The molecule has 21 heavy (non-hydrogen) atoms. The molecule has 1 fully saturated rings. The molecule has 0 aliphatic carbocycles. The lowest BCUT2D eigenvalue weighted by atomic mass is 10.2. The summed E-state index contributed by atoms with van der Waals surface area (Å²) in [5.41, 5.74) is 1.17. The standard InChI is InChI=1S/C16H16O3S2/c1-12-2-4-13(5-3-12)19-14-6-8-16(9-7-14)21(17,18)11-15-10-20-15/h2-9,15H,10-11H2,1H3. The summed E-state index contributed by atoms with van der Waals surface area (Å²) in [6.07, 6.45) is 0. The first-order valence-corrected chi connectivity index (χ1v) is 9.42. The van der Waals surface area contributed by atoms with Crippen LogP contribution in [0.5, 0.6) is 11.5 Å². The molecule has 1 aliphatic heterocycles. The van der Waals surface area contributed by atoms with Gasteiger partial charge in [-0.2, -0.15) is 11.8 Å². The first-order valence-electron chi connectivity index (χ1n) is 6.72. The zero-order valence-electron chi connectivity index (χ0n) is 11.7. The zero-order valence-corrected chi connectivity index (χ0v) is 13.3. The molecule has 1 atom stereocenters. The lowest BCUT2D eigenvalue weighted by molar-refractivity contribution is 0.482. The van der Waals surface area contributed by atoms with Gasteiger partial charge in [-0.05, 0) is 43.3 Å². The van der Waals surface area contributed by atoms with Crippen LogP contribution in [0.2, 0.25) is 0 Å². The van der Waals surface area contributed by atoms with Crippen LogP contribution in [0.3, 0.4) is 0 Å². The molecular formula is C16H16O3S2. The van der Waals surface area contributed by atoms with Gasteiger partial charge in [-0.3, -0.25) is 0 Å². The number of hydrogen-bond acceptors (Lipinski definition) is 4. The highest BCUT2D eigenvalue weighted by molar-refractivity contribution is 8.08. The average Bonchev–Trinajstić information content (AvgIpc) is 3.25. The molecule has 3 nitrogen and oxygen atoms in total. The minimum absolute atomic E-state index is 0.232. The molecule has 3 rings (SSSR count). The molecule has 0 saturated carbocycles. The Morgan fingerprint density at radius 3 is 2.10 bits per heavy atom. The van der Waals surface area contributed by atoms with E-state index in [-0.39, 0.29) is 11.0 Å². The Kier molecular flexibility index (Phi) is 3.95. The maximum Gasteiger partial charge on any atom is 0.179 e. The number of ether oxygens (including phenoxy) is 1. The Balaban J connectivity index is 1.72. The van der Waals surface area contributed by atoms with Crippen molar-refractivity contribution in [1.82, 2.24) is 0 Å². The molecule has 1 saturated heterocycles. The number of thioether (sulfide) groups is 1. The number of aryl methyl sites for hydroxylation is 1. The summed E-state index contributed by atoms with van der Waals surface area (Å²) < 4.78 is 30.0. The molecule has 2 aromatic carbocycles. The van der Waals surface area contributed by atoms with Crippen LogP contribution in [-0.2, 0) is 9.84 Å². The van der Waals surface area contributed by atoms with Crippen molar-refractivity contribution < 1.29 is 13.2 Å². The fraction of sp³-hybridized carbons (Fsp3) is 0.250. The second-order valence-corrected chi connectivity index (χ2v) is 8.49. The summed E-state index contributed by atoms with van der Waals surface area (Å²) in [5.74, 6) is 2.56. The normalized spacial score (nSPS) is 17.5. The van der Waals surface area contributed by atoms with E-state index in [4.69, 9.17) is 4.74 Å². The van der Waals surface area contributed by atoms with Gasteiger partial charge in [0.05, 0.1) is 10.6 Å². The van der Waals surface area contributed by atoms with Gasteiger partial charge in [-0.1, -0.05) is 17.7 Å². The molecule has 0 aromatic heterocycles. The van der Waals surface area contributed by atoms with Crippen molar-refractivity contribution in [2.45, 2.75) is 17.1 Å². The van der Waals surface area contributed by atoms with Crippen molar-refractivity contribution >= 4 is 21.6 Å². The smallest absolute Gasteiger partial charge is 0.179 e. The van der Waals surface area contributed by atoms with E-state index in [0.717, 1.165) is 11.5 Å². The molecule has 0 N–H and O–H groups in total. The van der Waals surface area contributed by atoms with E-state index >= 15 is 0 Å². The van der Waals surface area contributed by atoms with Gasteiger partial charge in [0, 0.05) is 11.0 Å². The van der Waals surface area contributed by atoms with Crippen molar-refractivity contribution in [2.75, 3.05) is 11.5 Å². The number of hydrogen-bond donors (Lipinski definition) is 0. The van der Waals surface area contributed by atoms with Gasteiger partial charge in [0.15, 0.2) is 9.84 Å². The molecular weight excluding hydrogens is 304 g/mol. The minimum Gasteiger partial charge on any atom is -0.457 e. The third-order valence-corrected chi connectivity index (χ3v) is 6.26. The van der Waals surface area contributed by atoms with Gasteiger partial charge in [-0.25, -0.2) is 8.42 Å². The van der Waals surface area contributed by atoms with Crippen LogP contribution in [0, 0.1) is 6.92 Å². The van der Waals surface area contributed by atoms with Gasteiger partial charge < -0.3 is 4.74 Å².